The first-order valence-corrected chi connectivity index (χ1v) is 12.5. The highest BCUT2D eigenvalue weighted by atomic mass is 31.2. The first-order chi connectivity index (χ1) is 14.9. The minimum Gasteiger partial charge on any atom is -0.507 e. The fraction of sp³-hybridized carbons (Fsp3) is 0.308. The van der Waals surface area contributed by atoms with Crippen LogP contribution in [-0.4, -0.2) is 12.2 Å². The molecule has 0 spiro atoms. The second-order valence-corrected chi connectivity index (χ2v) is 9.93. The number of hydrogen-bond donors (Lipinski definition) is 1. The van der Waals surface area contributed by atoms with Gasteiger partial charge in [0, 0.05) is 7.11 Å². The fourth-order valence-corrected chi connectivity index (χ4v) is 5.00. The third-order valence-electron chi connectivity index (χ3n) is 5.25. The lowest BCUT2D eigenvalue weighted by Crippen LogP contribution is -2.01. The van der Waals surface area contributed by atoms with Crippen LogP contribution >= 0.6 is 7.60 Å². The second kappa shape index (κ2) is 10.7. The molecule has 3 aromatic rings. The zero-order valence-corrected chi connectivity index (χ0v) is 19.4. The van der Waals surface area contributed by atoms with Gasteiger partial charge in [-0.25, -0.2) is 4.57 Å². The highest BCUT2D eigenvalue weighted by Gasteiger charge is 2.28. The van der Waals surface area contributed by atoms with Gasteiger partial charge >= 0.3 is 7.60 Å². The third-order valence-corrected chi connectivity index (χ3v) is 7.04. The Morgan fingerprint density at radius 3 is 2.39 bits per heavy atom. The van der Waals surface area contributed by atoms with Crippen LogP contribution in [0.25, 0.3) is 11.1 Å². The molecule has 4 nitrogen and oxygen atoms in total. The van der Waals surface area contributed by atoms with E-state index in [1.807, 2.05) is 67.6 Å². The van der Waals surface area contributed by atoms with E-state index in [1.54, 1.807) is 6.07 Å². The van der Waals surface area contributed by atoms with Crippen LogP contribution in [0.5, 0.6) is 11.5 Å². The van der Waals surface area contributed by atoms with Crippen molar-refractivity contribution >= 4 is 7.60 Å². The zero-order valence-electron chi connectivity index (χ0n) is 18.5. The van der Waals surface area contributed by atoms with Crippen molar-refractivity contribution in [1.29, 1.82) is 0 Å². The molecule has 3 rings (SSSR count). The van der Waals surface area contributed by atoms with Gasteiger partial charge in [-0.05, 0) is 48.6 Å². The van der Waals surface area contributed by atoms with E-state index in [2.05, 4.69) is 6.92 Å². The van der Waals surface area contributed by atoms with Crippen LogP contribution in [0, 0.1) is 6.92 Å². The number of aryl methyl sites for hydroxylation is 2. The van der Waals surface area contributed by atoms with Crippen LogP contribution in [-0.2, 0) is 21.7 Å². The number of aromatic hydroxyl groups is 1. The van der Waals surface area contributed by atoms with E-state index >= 15 is 0 Å². The minimum absolute atomic E-state index is 0.122. The van der Waals surface area contributed by atoms with Gasteiger partial charge in [-0.1, -0.05) is 79.9 Å². The molecule has 0 heterocycles. The lowest BCUT2D eigenvalue weighted by atomic mass is 9.98. The Morgan fingerprint density at radius 1 is 0.935 bits per heavy atom. The summed E-state index contributed by atoms with van der Waals surface area (Å²) in [6.07, 6.45) is 4.22. The van der Waals surface area contributed by atoms with E-state index in [9.17, 15) is 9.67 Å². The van der Waals surface area contributed by atoms with Crippen molar-refractivity contribution in [3.8, 4) is 22.6 Å². The lowest BCUT2D eigenvalue weighted by molar-refractivity contribution is 0.320. The molecule has 0 aromatic heterocycles. The van der Waals surface area contributed by atoms with Crippen molar-refractivity contribution in [2.75, 3.05) is 7.11 Å². The molecule has 164 valence electrons. The normalized spacial score (nSPS) is 13.0. The van der Waals surface area contributed by atoms with E-state index < -0.39 is 7.60 Å². The molecule has 0 radical (unpaired) electrons. The smallest absolute Gasteiger partial charge is 0.383 e. The van der Waals surface area contributed by atoms with Crippen molar-refractivity contribution in [2.24, 2.45) is 0 Å². The standard InChI is InChI=1S/C26H31O4P/c1-4-5-7-14-22-17-24(27)26(23-15-10-11-20(2)16-23)25(18-22)30-31(28,29-3)19-21-12-8-6-9-13-21/h6,8-13,15-18,27H,4-5,7,14,19H2,1-3H3. The fourth-order valence-electron chi connectivity index (χ4n) is 3.63. The molecule has 0 amide bonds. The van der Waals surface area contributed by atoms with Crippen LogP contribution in [0.3, 0.4) is 0 Å². The van der Waals surface area contributed by atoms with Gasteiger partial charge in [0.15, 0.2) is 0 Å². The molecule has 0 aliphatic carbocycles. The molecule has 1 unspecified atom stereocenters. The molecule has 0 aliphatic rings. The van der Waals surface area contributed by atoms with Crippen LogP contribution < -0.4 is 4.52 Å². The van der Waals surface area contributed by atoms with Crippen molar-refractivity contribution in [3.05, 3.63) is 83.4 Å². The highest BCUT2D eigenvalue weighted by Crippen LogP contribution is 2.54. The third kappa shape index (κ3) is 6.22. The summed E-state index contributed by atoms with van der Waals surface area (Å²) in [4.78, 5) is 0. The van der Waals surface area contributed by atoms with Crippen LogP contribution in [0.2, 0.25) is 0 Å². The van der Waals surface area contributed by atoms with E-state index in [-0.39, 0.29) is 11.9 Å². The summed E-state index contributed by atoms with van der Waals surface area (Å²) in [5.41, 5.74) is 4.24. The average molecular weight is 439 g/mol. The van der Waals surface area contributed by atoms with E-state index in [0.717, 1.165) is 47.9 Å². The Balaban J connectivity index is 2.02. The number of unbranched alkanes of at least 4 members (excludes halogenated alkanes) is 2. The Morgan fingerprint density at radius 2 is 1.71 bits per heavy atom. The molecular formula is C26H31O4P. The van der Waals surface area contributed by atoms with Gasteiger partial charge in [0.05, 0.1) is 11.7 Å². The first kappa shape index (κ1) is 23.1. The number of phenols is 1. The summed E-state index contributed by atoms with van der Waals surface area (Å²) >= 11 is 0. The molecule has 3 aromatic carbocycles. The maximum absolute atomic E-state index is 13.5. The SMILES string of the molecule is CCCCCc1cc(O)c(-c2cccc(C)c2)c(OP(=O)(Cc2ccccc2)OC)c1. The van der Waals surface area contributed by atoms with Crippen molar-refractivity contribution in [1.82, 2.24) is 0 Å². The van der Waals surface area contributed by atoms with Gasteiger partial charge in [-0.3, -0.25) is 0 Å². The summed E-state index contributed by atoms with van der Waals surface area (Å²) in [7, 11) is -2.08. The van der Waals surface area contributed by atoms with Gasteiger partial charge in [0.25, 0.3) is 0 Å². The van der Waals surface area contributed by atoms with Gasteiger partial charge in [-0.15, -0.1) is 0 Å². The van der Waals surface area contributed by atoms with E-state index in [1.165, 1.54) is 7.11 Å². The van der Waals surface area contributed by atoms with Gasteiger partial charge < -0.3 is 14.2 Å². The number of rotatable bonds is 10. The maximum Gasteiger partial charge on any atom is 0.383 e. The lowest BCUT2D eigenvalue weighted by Gasteiger charge is -2.21. The van der Waals surface area contributed by atoms with Crippen LogP contribution in [0.15, 0.2) is 66.7 Å². The van der Waals surface area contributed by atoms with Crippen molar-refractivity contribution < 1.29 is 18.7 Å². The predicted molar refractivity (Wildman–Crippen MR) is 127 cm³/mol. The van der Waals surface area contributed by atoms with Crippen molar-refractivity contribution in [2.45, 2.75) is 45.7 Å². The first-order valence-electron chi connectivity index (χ1n) is 10.8. The van der Waals surface area contributed by atoms with Gasteiger partial charge in [0.2, 0.25) is 0 Å². The summed E-state index contributed by atoms with van der Waals surface area (Å²) in [6.45, 7) is 4.15. The zero-order chi connectivity index (χ0) is 22.3. The number of phenolic OH excluding ortho intramolecular Hbond substituents is 1. The Kier molecular flexibility index (Phi) is 7.95. The quantitative estimate of drug-likeness (QED) is 0.263. The molecule has 31 heavy (non-hydrogen) atoms. The molecular weight excluding hydrogens is 407 g/mol. The van der Waals surface area contributed by atoms with Gasteiger partial charge in [0.1, 0.15) is 11.5 Å². The molecule has 5 heteroatoms. The minimum atomic E-state index is -3.49. The Labute approximate surface area is 185 Å². The summed E-state index contributed by atoms with van der Waals surface area (Å²) in [5.74, 6) is 0.509. The summed E-state index contributed by atoms with van der Waals surface area (Å²) in [5, 5.41) is 10.9. The average Bonchev–Trinajstić information content (AvgIpc) is 2.74. The molecule has 1 N–H and O–H groups in total. The summed E-state index contributed by atoms with van der Waals surface area (Å²) < 4.78 is 25.0. The molecule has 0 fully saturated rings. The Bertz CT molecular complexity index is 1050. The van der Waals surface area contributed by atoms with E-state index in [4.69, 9.17) is 9.05 Å². The van der Waals surface area contributed by atoms with Crippen molar-refractivity contribution in [3.63, 3.8) is 0 Å². The maximum atomic E-state index is 13.5. The van der Waals surface area contributed by atoms with Crippen LogP contribution in [0.1, 0.15) is 42.9 Å². The topological polar surface area (TPSA) is 55.8 Å². The largest absolute Gasteiger partial charge is 0.507 e. The molecule has 0 bridgehead atoms. The number of hydrogen-bond acceptors (Lipinski definition) is 4. The molecule has 0 aliphatic heterocycles. The molecule has 0 saturated carbocycles. The monoisotopic (exact) mass is 438 g/mol. The molecule has 1 atom stereocenters. The summed E-state index contributed by atoms with van der Waals surface area (Å²) in [6, 6.07) is 21.0. The predicted octanol–water partition coefficient (Wildman–Crippen LogP) is 7.52. The number of benzene rings is 3. The molecule has 0 saturated heterocycles. The second-order valence-electron chi connectivity index (χ2n) is 7.84. The van der Waals surface area contributed by atoms with Gasteiger partial charge in [-0.2, -0.15) is 0 Å². The van der Waals surface area contributed by atoms with E-state index in [0.29, 0.717) is 11.3 Å². The Hall–Kier alpha value is -2.55. The highest BCUT2D eigenvalue weighted by molar-refractivity contribution is 7.53. The van der Waals surface area contributed by atoms with Crippen LogP contribution in [0.4, 0.5) is 0 Å².